The molecule has 0 saturated heterocycles. The Balaban J connectivity index is 2.95. The third-order valence-corrected chi connectivity index (χ3v) is 3.02. The fourth-order valence-electron chi connectivity index (χ4n) is 1.51. The van der Waals surface area contributed by atoms with Gasteiger partial charge >= 0.3 is 0 Å². The zero-order chi connectivity index (χ0) is 14.4. The average molecular weight is 305 g/mol. The predicted octanol–water partition coefficient (Wildman–Crippen LogP) is 2.75. The lowest BCUT2D eigenvalue weighted by atomic mass is 10.2. The highest BCUT2D eigenvalue weighted by Crippen LogP contribution is 2.33. The summed E-state index contributed by atoms with van der Waals surface area (Å²) in [6.07, 6.45) is 0.269. The van der Waals surface area contributed by atoms with E-state index >= 15 is 0 Å². The first kappa shape index (κ1) is 16.1. The van der Waals surface area contributed by atoms with Crippen molar-refractivity contribution in [1.29, 1.82) is 0 Å². The van der Waals surface area contributed by atoms with Crippen molar-refractivity contribution in [2.45, 2.75) is 32.9 Å². The van der Waals surface area contributed by atoms with Gasteiger partial charge in [-0.3, -0.25) is 4.79 Å². The van der Waals surface area contributed by atoms with Crippen LogP contribution >= 0.6 is 23.2 Å². The van der Waals surface area contributed by atoms with Crippen LogP contribution in [-0.2, 0) is 11.3 Å². The van der Waals surface area contributed by atoms with Gasteiger partial charge in [-0.2, -0.15) is 0 Å². The van der Waals surface area contributed by atoms with Crippen molar-refractivity contribution in [3.63, 3.8) is 0 Å². The van der Waals surface area contributed by atoms with E-state index in [0.717, 1.165) is 18.5 Å². The molecule has 1 aromatic carbocycles. The summed E-state index contributed by atoms with van der Waals surface area (Å²) in [4.78, 5) is 11.1. The minimum atomic E-state index is -0.747. The number of hydrogen-bond acceptors (Lipinski definition) is 3. The van der Waals surface area contributed by atoms with Crippen LogP contribution in [0.2, 0.25) is 10.0 Å². The number of rotatable bonds is 7. The number of carbonyl (C=O) groups excluding carboxylic acids is 1. The lowest BCUT2D eigenvalue weighted by molar-refractivity contribution is -0.123. The minimum Gasteiger partial charge on any atom is -0.479 e. The highest BCUT2D eigenvalue weighted by Gasteiger charge is 2.16. The lowest BCUT2D eigenvalue weighted by Gasteiger charge is -2.17. The van der Waals surface area contributed by atoms with Crippen molar-refractivity contribution in [3.05, 3.63) is 27.7 Å². The summed E-state index contributed by atoms with van der Waals surface area (Å²) in [7, 11) is 0. The Morgan fingerprint density at radius 1 is 1.47 bits per heavy atom. The molecule has 3 N–H and O–H groups in total. The first-order valence-corrected chi connectivity index (χ1v) is 6.86. The second kappa shape index (κ2) is 7.58. The second-order valence-electron chi connectivity index (χ2n) is 4.22. The maximum absolute atomic E-state index is 11.1. The molecule has 19 heavy (non-hydrogen) atoms. The molecule has 0 radical (unpaired) electrons. The lowest BCUT2D eigenvalue weighted by Crippen LogP contribution is -2.31. The van der Waals surface area contributed by atoms with Crippen LogP contribution in [0.25, 0.3) is 0 Å². The second-order valence-corrected chi connectivity index (χ2v) is 5.06. The van der Waals surface area contributed by atoms with Crippen molar-refractivity contribution >= 4 is 29.1 Å². The first-order chi connectivity index (χ1) is 8.95. The van der Waals surface area contributed by atoms with E-state index in [1.54, 1.807) is 19.1 Å². The van der Waals surface area contributed by atoms with Crippen molar-refractivity contribution in [3.8, 4) is 5.75 Å². The van der Waals surface area contributed by atoms with Gasteiger partial charge < -0.3 is 15.8 Å². The smallest absolute Gasteiger partial charge is 0.258 e. The molecule has 4 nitrogen and oxygen atoms in total. The van der Waals surface area contributed by atoms with E-state index in [1.807, 2.05) is 0 Å². The number of benzene rings is 1. The number of hydrogen-bond donors (Lipinski definition) is 2. The summed E-state index contributed by atoms with van der Waals surface area (Å²) < 4.78 is 5.52. The molecule has 0 aliphatic rings. The summed E-state index contributed by atoms with van der Waals surface area (Å²) in [5.41, 5.74) is 5.99. The van der Waals surface area contributed by atoms with Gasteiger partial charge in [-0.15, -0.1) is 0 Å². The first-order valence-electron chi connectivity index (χ1n) is 6.10. The topological polar surface area (TPSA) is 64.3 Å². The van der Waals surface area contributed by atoms with Gasteiger partial charge in [0, 0.05) is 17.1 Å². The van der Waals surface area contributed by atoms with Crippen LogP contribution in [0.1, 0.15) is 25.8 Å². The molecule has 1 atom stereocenters. The van der Waals surface area contributed by atoms with Gasteiger partial charge in [0.15, 0.2) is 6.10 Å². The van der Waals surface area contributed by atoms with E-state index in [9.17, 15) is 4.79 Å². The Hall–Kier alpha value is -0.970. The molecule has 106 valence electrons. The quantitative estimate of drug-likeness (QED) is 0.761. The van der Waals surface area contributed by atoms with Crippen LogP contribution in [0.4, 0.5) is 0 Å². The Bertz CT molecular complexity index is 453. The zero-order valence-corrected chi connectivity index (χ0v) is 12.5. The number of nitrogens with two attached hydrogens (primary N) is 1. The highest BCUT2D eigenvalue weighted by atomic mass is 35.5. The van der Waals surface area contributed by atoms with Crippen molar-refractivity contribution in [2.24, 2.45) is 5.73 Å². The third kappa shape index (κ3) is 4.90. The van der Waals surface area contributed by atoms with E-state index in [2.05, 4.69) is 12.2 Å². The van der Waals surface area contributed by atoms with E-state index in [4.69, 9.17) is 33.7 Å². The largest absolute Gasteiger partial charge is 0.479 e. The van der Waals surface area contributed by atoms with Crippen molar-refractivity contribution in [1.82, 2.24) is 5.32 Å². The molecule has 1 amide bonds. The molecule has 0 heterocycles. The molecule has 0 bridgehead atoms. The Kier molecular flexibility index (Phi) is 6.42. The fourth-order valence-corrected chi connectivity index (χ4v) is 2.09. The summed E-state index contributed by atoms with van der Waals surface area (Å²) >= 11 is 12.1. The van der Waals surface area contributed by atoms with Gasteiger partial charge in [0.1, 0.15) is 5.75 Å². The van der Waals surface area contributed by atoms with E-state index in [-0.39, 0.29) is 0 Å². The zero-order valence-electron chi connectivity index (χ0n) is 11.0. The summed E-state index contributed by atoms with van der Waals surface area (Å²) in [6, 6.07) is 3.34. The molecule has 0 saturated carbocycles. The maximum Gasteiger partial charge on any atom is 0.258 e. The Morgan fingerprint density at radius 3 is 2.74 bits per heavy atom. The summed E-state index contributed by atoms with van der Waals surface area (Å²) in [6.45, 7) is 5.09. The normalized spacial score (nSPS) is 12.2. The molecule has 0 aliphatic carbocycles. The van der Waals surface area contributed by atoms with E-state index in [0.29, 0.717) is 22.3 Å². The average Bonchev–Trinajstić information content (AvgIpc) is 2.33. The SMILES string of the molecule is CCCNCc1cc(Cl)cc(Cl)c1OC(C)C(N)=O. The van der Waals surface area contributed by atoms with Gasteiger partial charge in [-0.25, -0.2) is 0 Å². The van der Waals surface area contributed by atoms with Gasteiger partial charge in [-0.1, -0.05) is 30.1 Å². The minimum absolute atomic E-state index is 0.369. The van der Waals surface area contributed by atoms with Crippen LogP contribution in [0.3, 0.4) is 0 Å². The molecule has 0 spiro atoms. The number of ether oxygens (including phenoxy) is 1. The molecular weight excluding hydrogens is 287 g/mol. The Labute approximate surface area is 123 Å². The monoisotopic (exact) mass is 304 g/mol. The molecule has 1 aromatic rings. The van der Waals surface area contributed by atoms with Gasteiger partial charge in [0.05, 0.1) is 5.02 Å². The molecule has 0 fully saturated rings. The van der Waals surface area contributed by atoms with Gasteiger partial charge in [0.2, 0.25) is 0 Å². The molecular formula is C13H18Cl2N2O2. The standard InChI is InChI=1S/C13H18Cl2N2O2/c1-3-4-17-7-9-5-10(14)6-11(15)12(9)19-8(2)13(16)18/h5-6,8,17H,3-4,7H2,1-2H3,(H2,16,18). The molecule has 0 aromatic heterocycles. The van der Waals surface area contributed by atoms with Crippen LogP contribution in [0, 0.1) is 0 Å². The fraction of sp³-hybridized carbons (Fsp3) is 0.462. The Morgan fingerprint density at radius 2 is 2.16 bits per heavy atom. The van der Waals surface area contributed by atoms with Crippen LogP contribution < -0.4 is 15.8 Å². The van der Waals surface area contributed by atoms with Gasteiger partial charge in [0.25, 0.3) is 5.91 Å². The number of nitrogens with one attached hydrogen (secondary N) is 1. The van der Waals surface area contributed by atoms with Crippen molar-refractivity contribution in [2.75, 3.05) is 6.54 Å². The van der Waals surface area contributed by atoms with E-state index < -0.39 is 12.0 Å². The summed E-state index contributed by atoms with van der Waals surface area (Å²) in [5, 5.41) is 4.13. The molecule has 0 aliphatic heterocycles. The van der Waals surface area contributed by atoms with Crippen LogP contribution in [-0.4, -0.2) is 18.6 Å². The maximum atomic E-state index is 11.1. The summed E-state index contributed by atoms with van der Waals surface area (Å²) in [5.74, 6) is -0.0977. The third-order valence-electron chi connectivity index (χ3n) is 2.52. The number of primary amides is 1. The van der Waals surface area contributed by atoms with E-state index in [1.165, 1.54) is 0 Å². The number of carbonyl (C=O) groups is 1. The van der Waals surface area contributed by atoms with Crippen LogP contribution in [0.15, 0.2) is 12.1 Å². The number of halogens is 2. The van der Waals surface area contributed by atoms with Gasteiger partial charge in [-0.05, 0) is 32.0 Å². The molecule has 1 unspecified atom stereocenters. The molecule has 6 heteroatoms. The molecule has 1 rings (SSSR count). The number of amides is 1. The predicted molar refractivity (Wildman–Crippen MR) is 77.7 cm³/mol. The van der Waals surface area contributed by atoms with Crippen molar-refractivity contribution < 1.29 is 9.53 Å². The highest BCUT2D eigenvalue weighted by molar-refractivity contribution is 6.35. The van der Waals surface area contributed by atoms with Crippen LogP contribution in [0.5, 0.6) is 5.75 Å².